The molecule has 1 aromatic heterocycles. The fourth-order valence-electron chi connectivity index (χ4n) is 1.61. The Morgan fingerprint density at radius 1 is 1.45 bits per heavy atom. The Kier molecular flexibility index (Phi) is 4.72. The van der Waals surface area contributed by atoms with E-state index in [9.17, 15) is 14.0 Å². The Hall–Kier alpha value is -2.90. The van der Waals surface area contributed by atoms with E-state index in [0.29, 0.717) is 11.4 Å². The van der Waals surface area contributed by atoms with E-state index in [0.717, 1.165) is 0 Å². The van der Waals surface area contributed by atoms with Gasteiger partial charge in [0.2, 0.25) is 5.91 Å². The molecule has 0 bridgehead atoms. The number of ether oxygens (including phenoxy) is 1. The van der Waals surface area contributed by atoms with Crippen molar-refractivity contribution in [3.8, 4) is 5.75 Å². The standard InChI is InChI=1S/C14H15FN4O3/c1-8(13(16)20)17-14(21)12-6-10(18-19-12)7-22-11-4-2-3-9(15)5-11/h2-6,8H,7H2,1H3,(H2,16,20)(H,17,21)(H,18,19)/t8-/m0/s1. The van der Waals surface area contributed by atoms with Crippen LogP contribution in [0.4, 0.5) is 4.39 Å². The number of nitrogens with two attached hydrogens (primary N) is 1. The Bertz CT molecular complexity index is 686. The van der Waals surface area contributed by atoms with Crippen molar-refractivity contribution in [3.63, 3.8) is 0 Å². The lowest BCUT2D eigenvalue weighted by Gasteiger charge is -2.07. The summed E-state index contributed by atoms with van der Waals surface area (Å²) in [6.45, 7) is 1.57. The van der Waals surface area contributed by atoms with Gasteiger partial charge in [0.15, 0.2) is 0 Å². The molecule has 1 atom stereocenters. The van der Waals surface area contributed by atoms with Gasteiger partial charge in [0, 0.05) is 6.07 Å². The Morgan fingerprint density at radius 2 is 2.23 bits per heavy atom. The lowest BCUT2D eigenvalue weighted by Crippen LogP contribution is -2.42. The van der Waals surface area contributed by atoms with Crippen molar-refractivity contribution in [3.05, 3.63) is 47.5 Å². The number of aromatic amines is 1. The van der Waals surface area contributed by atoms with E-state index < -0.39 is 23.7 Å². The third-order valence-electron chi connectivity index (χ3n) is 2.83. The van der Waals surface area contributed by atoms with E-state index in [1.165, 1.54) is 31.2 Å². The molecule has 2 aromatic rings. The van der Waals surface area contributed by atoms with Gasteiger partial charge in [-0.25, -0.2) is 4.39 Å². The summed E-state index contributed by atoms with van der Waals surface area (Å²) in [7, 11) is 0. The molecule has 2 amide bonds. The third-order valence-corrected chi connectivity index (χ3v) is 2.83. The maximum absolute atomic E-state index is 13.0. The van der Waals surface area contributed by atoms with Crippen molar-refractivity contribution in [1.82, 2.24) is 15.5 Å². The number of carbonyl (C=O) groups is 2. The minimum atomic E-state index is -0.795. The predicted molar refractivity (Wildman–Crippen MR) is 75.4 cm³/mol. The maximum Gasteiger partial charge on any atom is 0.272 e. The van der Waals surface area contributed by atoms with E-state index in [-0.39, 0.29) is 12.3 Å². The third kappa shape index (κ3) is 4.05. The van der Waals surface area contributed by atoms with Crippen molar-refractivity contribution in [1.29, 1.82) is 0 Å². The zero-order valence-electron chi connectivity index (χ0n) is 11.8. The summed E-state index contributed by atoms with van der Waals surface area (Å²) in [6, 6.07) is 6.38. The molecule has 0 fully saturated rings. The monoisotopic (exact) mass is 306 g/mol. The quantitative estimate of drug-likeness (QED) is 0.730. The van der Waals surface area contributed by atoms with E-state index >= 15 is 0 Å². The fraction of sp³-hybridized carbons (Fsp3) is 0.214. The minimum absolute atomic E-state index is 0.0924. The van der Waals surface area contributed by atoms with Crippen LogP contribution < -0.4 is 15.8 Å². The molecule has 2 rings (SSSR count). The number of amides is 2. The van der Waals surface area contributed by atoms with Gasteiger partial charge in [-0.15, -0.1) is 0 Å². The first-order chi connectivity index (χ1) is 10.5. The Balaban J connectivity index is 1.94. The molecular weight excluding hydrogens is 291 g/mol. The average molecular weight is 306 g/mol. The zero-order chi connectivity index (χ0) is 16.1. The van der Waals surface area contributed by atoms with Gasteiger partial charge in [-0.1, -0.05) is 6.07 Å². The Morgan fingerprint density at radius 3 is 2.91 bits per heavy atom. The van der Waals surface area contributed by atoms with Crippen LogP contribution in [-0.4, -0.2) is 28.1 Å². The van der Waals surface area contributed by atoms with Gasteiger partial charge in [-0.3, -0.25) is 14.7 Å². The van der Waals surface area contributed by atoms with Gasteiger partial charge in [-0.2, -0.15) is 5.10 Å². The van der Waals surface area contributed by atoms with Crippen LogP contribution in [-0.2, 0) is 11.4 Å². The number of halogens is 1. The van der Waals surface area contributed by atoms with E-state index in [1.54, 1.807) is 6.07 Å². The van der Waals surface area contributed by atoms with Crippen LogP contribution in [0, 0.1) is 5.82 Å². The highest BCUT2D eigenvalue weighted by molar-refractivity contribution is 5.95. The van der Waals surface area contributed by atoms with E-state index in [4.69, 9.17) is 10.5 Å². The fourth-order valence-corrected chi connectivity index (χ4v) is 1.61. The van der Waals surface area contributed by atoms with Crippen LogP contribution in [0.5, 0.6) is 5.75 Å². The minimum Gasteiger partial charge on any atom is -0.487 e. The molecule has 0 saturated heterocycles. The highest BCUT2D eigenvalue weighted by Gasteiger charge is 2.16. The number of benzene rings is 1. The maximum atomic E-state index is 13.0. The summed E-state index contributed by atoms with van der Waals surface area (Å²) < 4.78 is 18.4. The summed E-state index contributed by atoms with van der Waals surface area (Å²) in [5.41, 5.74) is 5.69. The van der Waals surface area contributed by atoms with Crippen LogP contribution in [0.1, 0.15) is 23.1 Å². The molecule has 8 heteroatoms. The first-order valence-corrected chi connectivity index (χ1v) is 6.48. The normalized spacial score (nSPS) is 11.7. The molecule has 22 heavy (non-hydrogen) atoms. The molecule has 116 valence electrons. The van der Waals surface area contributed by atoms with Gasteiger partial charge < -0.3 is 15.8 Å². The zero-order valence-corrected chi connectivity index (χ0v) is 11.8. The number of rotatable bonds is 6. The molecule has 0 radical (unpaired) electrons. The summed E-state index contributed by atoms with van der Waals surface area (Å²) in [4.78, 5) is 22.7. The largest absolute Gasteiger partial charge is 0.487 e. The topological polar surface area (TPSA) is 110 Å². The molecule has 0 unspecified atom stereocenters. The number of nitrogens with zero attached hydrogens (tertiary/aromatic N) is 1. The SMILES string of the molecule is C[C@H](NC(=O)c1cc(COc2cccc(F)c2)[nH]n1)C(N)=O. The van der Waals surface area contributed by atoms with Gasteiger partial charge >= 0.3 is 0 Å². The van der Waals surface area contributed by atoms with Crippen molar-refractivity contribution < 1.29 is 18.7 Å². The number of aromatic nitrogens is 2. The van der Waals surface area contributed by atoms with Gasteiger partial charge in [0.25, 0.3) is 5.91 Å². The summed E-state index contributed by atoms with van der Waals surface area (Å²) in [6.07, 6.45) is 0. The number of H-pyrrole nitrogens is 1. The highest BCUT2D eigenvalue weighted by Crippen LogP contribution is 2.13. The molecular formula is C14H15FN4O3. The van der Waals surface area contributed by atoms with Crippen LogP contribution in [0.2, 0.25) is 0 Å². The predicted octanol–water partition coefficient (Wildman–Crippen LogP) is 0.731. The second-order valence-electron chi connectivity index (χ2n) is 4.62. The highest BCUT2D eigenvalue weighted by atomic mass is 19.1. The van der Waals surface area contributed by atoms with E-state index in [2.05, 4.69) is 15.5 Å². The molecule has 0 aliphatic heterocycles. The molecule has 0 saturated carbocycles. The van der Waals surface area contributed by atoms with Crippen molar-refractivity contribution in [2.24, 2.45) is 5.73 Å². The number of hydrogen-bond donors (Lipinski definition) is 3. The van der Waals surface area contributed by atoms with Gasteiger partial charge in [0.1, 0.15) is 29.9 Å². The average Bonchev–Trinajstić information content (AvgIpc) is 2.94. The van der Waals surface area contributed by atoms with Crippen molar-refractivity contribution in [2.75, 3.05) is 0 Å². The molecule has 7 nitrogen and oxygen atoms in total. The summed E-state index contributed by atoms with van der Waals surface area (Å²) in [5, 5.41) is 8.85. The number of carbonyl (C=O) groups excluding carboxylic acids is 2. The second-order valence-corrected chi connectivity index (χ2v) is 4.62. The molecule has 1 aromatic carbocycles. The van der Waals surface area contributed by atoms with Gasteiger partial charge in [0.05, 0.1) is 5.69 Å². The first-order valence-electron chi connectivity index (χ1n) is 6.48. The van der Waals surface area contributed by atoms with Crippen LogP contribution in [0.15, 0.2) is 30.3 Å². The second kappa shape index (κ2) is 6.70. The lowest BCUT2D eigenvalue weighted by atomic mass is 10.3. The van der Waals surface area contributed by atoms with Crippen LogP contribution >= 0.6 is 0 Å². The Labute approximate surface area is 125 Å². The summed E-state index contributed by atoms with van der Waals surface area (Å²) >= 11 is 0. The first kappa shape index (κ1) is 15.5. The molecule has 4 N–H and O–H groups in total. The van der Waals surface area contributed by atoms with Crippen molar-refractivity contribution in [2.45, 2.75) is 19.6 Å². The van der Waals surface area contributed by atoms with E-state index in [1.807, 2.05) is 0 Å². The number of primary amides is 1. The molecule has 0 aliphatic rings. The van der Waals surface area contributed by atoms with Gasteiger partial charge in [-0.05, 0) is 25.1 Å². The summed E-state index contributed by atoms with van der Waals surface area (Å²) in [5.74, 6) is -1.20. The molecule has 0 aliphatic carbocycles. The smallest absolute Gasteiger partial charge is 0.272 e. The lowest BCUT2D eigenvalue weighted by molar-refractivity contribution is -0.119. The number of nitrogens with one attached hydrogen (secondary N) is 2. The van der Waals surface area contributed by atoms with Crippen molar-refractivity contribution >= 4 is 11.8 Å². The van der Waals surface area contributed by atoms with Crippen LogP contribution in [0.25, 0.3) is 0 Å². The van der Waals surface area contributed by atoms with Crippen LogP contribution in [0.3, 0.4) is 0 Å². The number of hydrogen-bond acceptors (Lipinski definition) is 4. The molecule has 0 spiro atoms. The molecule has 1 heterocycles.